The highest BCUT2D eigenvalue weighted by molar-refractivity contribution is 8.18. The van der Waals surface area contributed by atoms with E-state index in [0.717, 1.165) is 58.9 Å². The lowest BCUT2D eigenvalue weighted by Gasteiger charge is -2.33. The number of aliphatic imine (C=N–C) groups is 1. The molecule has 5 rings (SSSR count). The van der Waals surface area contributed by atoms with Crippen LogP contribution in [0.1, 0.15) is 11.1 Å². The predicted octanol–water partition coefficient (Wildman–Crippen LogP) is 4.70. The Balaban J connectivity index is 1.54. The Morgan fingerprint density at radius 1 is 1.12 bits per heavy atom. The zero-order valence-corrected chi connectivity index (χ0v) is 19.8. The molecule has 0 radical (unpaired) electrons. The molecular formula is C23H21Cl2N5OS. The maximum atomic E-state index is 13.1. The van der Waals surface area contributed by atoms with Crippen LogP contribution in [-0.2, 0) is 11.2 Å². The lowest BCUT2D eigenvalue weighted by molar-refractivity contribution is -0.113. The molecule has 0 saturated carbocycles. The summed E-state index contributed by atoms with van der Waals surface area (Å²) in [6.07, 6.45) is 2.28. The van der Waals surface area contributed by atoms with Crippen LogP contribution in [0, 0.1) is 0 Å². The van der Waals surface area contributed by atoms with Gasteiger partial charge in [-0.15, -0.1) is 0 Å². The molecule has 2 aliphatic heterocycles. The Kier molecular flexibility index (Phi) is 5.99. The number of hydrogen-bond donors (Lipinski definition) is 1. The third-order valence-corrected chi connectivity index (χ3v) is 7.55. The Labute approximate surface area is 200 Å². The molecule has 9 heteroatoms. The minimum atomic E-state index is -0.198. The molecule has 164 valence electrons. The smallest absolute Gasteiger partial charge is 0.286 e. The SMILES string of the molecule is CN1CCN(C2=NC(=O)C(=C(Cc3ccc(Cl)cc3Cl)c3ccc4[nH]ncc4c3)S2)CC1. The van der Waals surface area contributed by atoms with Crippen molar-refractivity contribution in [1.29, 1.82) is 0 Å². The lowest BCUT2D eigenvalue weighted by Crippen LogP contribution is -2.46. The summed E-state index contributed by atoms with van der Waals surface area (Å²) in [6, 6.07) is 11.5. The van der Waals surface area contributed by atoms with Crippen molar-refractivity contribution >= 4 is 62.5 Å². The van der Waals surface area contributed by atoms with Gasteiger partial charge in [-0.1, -0.05) is 35.3 Å². The summed E-state index contributed by atoms with van der Waals surface area (Å²) in [6.45, 7) is 3.64. The highest BCUT2D eigenvalue weighted by atomic mass is 35.5. The Hall–Kier alpha value is -2.32. The van der Waals surface area contributed by atoms with Gasteiger partial charge in [-0.05, 0) is 59.8 Å². The van der Waals surface area contributed by atoms with Crippen LogP contribution in [0.15, 0.2) is 52.5 Å². The van der Waals surface area contributed by atoms with Gasteiger partial charge in [-0.2, -0.15) is 10.1 Å². The van der Waals surface area contributed by atoms with E-state index in [9.17, 15) is 4.79 Å². The number of aromatic nitrogens is 2. The van der Waals surface area contributed by atoms with E-state index in [0.29, 0.717) is 21.4 Å². The molecule has 0 bridgehead atoms. The van der Waals surface area contributed by atoms with Gasteiger partial charge in [0.2, 0.25) is 0 Å². The fraction of sp³-hybridized carbons (Fsp3) is 0.261. The lowest BCUT2D eigenvalue weighted by atomic mass is 9.96. The number of H-pyrrole nitrogens is 1. The van der Waals surface area contributed by atoms with Crippen LogP contribution in [0.4, 0.5) is 0 Å². The molecule has 1 fully saturated rings. The van der Waals surface area contributed by atoms with Crippen LogP contribution in [0.2, 0.25) is 10.0 Å². The number of allylic oxidation sites excluding steroid dienone is 1. The number of hydrogen-bond acceptors (Lipinski definition) is 5. The molecule has 2 aliphatic rings. The minimum absolute atomic E-state index is 0.198. The molecule has 6 nitrogen and oxygen atoms in total. The second kappa shape index (κ2) is 8.90. The number of likely N-dealkylation sites (N-methyl/N-ethyl adjacent to an activating group) is 1. The van der Waals surface area contributed by atoms with Crippen molar-refractivity contribution in [2.45, 2.75) is 6.42 Å². The number of amides is 1. The van der Waals surface area contributed by atoms with Gasteiger partial charge < -0.3 is 9.80 Å². The number of fused-ring (bicyclic) bond motifs is 1. The first kappa shape index (κ1) is 21.5. The van der Waals surface area contributed by atoms with Crippen molar-refractivity contribution in [2.75, 3.05) is 33.2 Å². The molecule has 0 aliphatic carbocycles. The Bertz CT molecular complexity index is 1260. The van der Waals surface area contributed by atoms with Gasteiger partial charge >= 0.3 is 0 Å². The van der Waals surface area contributed by atoms with E-state index >= 15 is 0 Å². The monoisotopic (exact) mass is 485 g/mol. The Morgan fingerprint density at radius 3 is 2.72 bits per heavy atom. The van der Waals surface area contributed by atoms with Crippen molar-refractivity contribution in [3.8, 4) is 0 Å². The first-order valence-electron chi connectivity index (χ1n) is 10.3. The number of carbonyl (C=O) groups excluding carboxylic acids is 1. The van der Waals surface area contributed by atoms with Gasteiger partial charge in [-0.3, -0.25) is 9.89 Å². The second-order valence-corrected chi connectivity index (χ2v) is 9.81. The summed E-state index contributed by atoms with van der Waals surface area (Å²) in [5, 5.41) is 10.0. The third-order valence-electron chi connectivity index (χ3n) is 5.80. The third kappa shape index (κ3) is 4.30. The summed E-state index contributed by atoms with van der Waals surface area (Å²) in [5.41, 5.74) is 3.71. The van der Waals surface area contributed by atoms with Crippen LogP contribution < -0.4 is 0 Å². The van der Waals surface area contributed by atoms with Crippen LogP contribution in [0.3, 0.4) is 0 Å². The highest BCUT2D eigenvalue weighted by Crippen LogP contribution is 2.38. The number of benzene rings is 2. The number of nitrogens with zero attached hydrogens (tertiary/aromatic N) is 4. The van der Waals surface area contributed by atoms with Crippen molar-refractivity contribution in [1.82, 2.24) is 20.0 Å². The summed E-state index contributed by atoms with van der Waals surface area (Å²) in [4.78, 5) is 22.6. The highest BCUT2D eigenvalue weighted by Gasteiger charge is 2.31. The Morgan fingerprint density at radius 2 is 1.94 bits per heavy atom. The van der Waals surface area contributed by atoms with Gasteiger partial charge in [0.1, 0.15) is 0 Å². The molecule has 1 saturated heterocycles. The fourth-order valence-corrected chi connectivity index (χ4v) is 5.46. The molecule has 1 aromatic heterocycles. The quantitative estimate of drug-likeness (QED) is 0.544. The standard InChI is InChI=1S/C23H21Cl2N5OS/c1-29-6-8-30(9-7-29)23-27-22(31)21(32-23)18(11-15-2-4-17(24)12-19(15)25)14-3-5-20-16(10-14)13-26-28-20/h2-5,10,12-13H,6-9,11H2,1H3,(H,26,28). The predicted molar refractivity (Wildman–Crippen MR) is 132 cm³/mol. The minimum Gasteiger partial charge on any atom is -0.348 e. The van der Waals surface area contributed by atoms with Crippen LogP contribution in [0.5, 0.6) is 0 Å². The molecule has 2 aromatic carbocycles. The molecule has 3 heterocycles. The van der Waals surface area contributed by atoms with Crippen molar-refractivity contribution < 1.29 is 4.79 Å². The first-order chi connectivity index (χ1) is 15.5. The van der Waals surface area contributed by atoms with E-state index in [4.69, 9.17) is 23.2 Å². The van der Waals surface area contributed by atoms with Gasteiger partial charge in [-0.25, -0.2) is 0 Å². The number of carbonyl (C=O) groups is 1. The van der Waals surface area contributed by atoms with Crippen LogP contribution >= 0.6 is 35.0 Å². The summed E-state index contributed by atoms with van der Waals surface area (Å²) in [5.74, 6) is -0.198. The summed E-state index contributed by atoms with van der Waals surface area (Å²) < 4.78 is 0. The van der Waals surface area contributed by atoms with Gasteiger partial charge in [0.15, 0.2) is 5.17 Å². The van der Waals surface area contributed by atoms with E-state index in [2.05, 4.69) is 32.0 Å². The van der Waals surface area contributed by atoms with Crippen molar-refractivity contribution in [3.05, 3.63) is 68.7 Å². The maximum absolute atomic E-state index is 13.1. The molecule has 1 N–H and O–H groups in total. The van der Waals surface area contributed by atoms with E-state index < -0.39 is 0 Å². The average molecular weight is 486 g/mol. The zero-order valence-electron chi connectivity index (χ0n) is 17.4. The molecule has 1 amide bonds. The maximum Gasteiger partial charge on any atom is 0.286 e. The molecule has 0 unspecified atom stereocenters. The summed E-state index contributed by atoms with van der Waals surface area (Å²) >= 11 is 14.0. The van der Waals surface area contributed by atoms with E-state index in [-0.39, 0.29) is 5.91 Å². The topological polar surface area (TPSA) is 64.6 Å². The number of aromatic amines is 1. The normalized spacial score (nSPS) is 19.0. The number of nitrogens with one attached hydrogen (secondary N) is 1. The number of thioether (sulfide) groups is 1. The fourth-order valence-electron chi connectivity index (χ4n) is 3.92. The molecular weight excluding hydrogens is 465 g/mol. The van der Waals surface area contributed by atoms with Crippen LogP contribution in [0.25, 0.3) is 16.5 Å². The van der Waals surface area contributed by atoms with E-state index in [1.54, 1.807) is 12.3 Å². The second-order valence-electron chi connectivity index (χ2n) is 7.98. The number of piperazine rings is 1. The number of halogens is 2. The van der Waals surface area contributed by atoms with E-state index in [1.807, 2.05) is 30.3 Å². The largest absolute Gasteiger partial charge is 0.348 e. The average Bonchev–Trinajstić information content (AvgIpc) is 3.40. The first-order valence-corrected chi connectivity index (χ1v) is 11.9. The van der Waals surface area contributed by atoms with Gasteiger partial charge in [0, 0.05) is 48.0 Å². The van der Waals surface area contributed by atoms with Crippen LogP contribution in [-0.4, -0.2) is 64.3 Å². The zero-order chi connectivity index (χ0) is 22.2. The molecule has 0 spiro atoms. The number of amidine groups is 1. The van der Waals surface area contributed by atoms with Crippen molar-refractivity contribution in [2.24, 2.45) is 4.99 Å². The molecule has 0 atom stereocenters. The molecule has 3 aromatic rings. The summed E-state index contributed by atoms with van der Waals surface area (Å²) in [7, 11) is 2.11. The van der Waals surface area contributed by atoms with Gasteiger partial charge in [0.25, 0.3) is 5.91 Å². The molecule has 32 heavy (non-hydrogen) atoms. The number of rotatable bonds is 3. The van der Waals surface area contributed by atoms with Gasteiger partial charge in [0.05, 0.1) is 16.6 Å². The van der Waals surface area contributed by atoms with Crippen molar-refractivity contribution in [3.63, 3.8) is 0 Å². The van der Waals surface area contributed by atoms with E-state index in [1.165, 1.54) is 11.8 Å².